The average Bonchev–Trinajstić information content (AvgIpc) is 3.18. The van der Waals surface area contributed by atoms with E-state index in [9.17, 15) is 13.6 Å². The lowest BCUT2D eigenvalue weighted by Crippen LogP contribution is -2.38. The zero-order valence-electron chi connectivity index (χ0n) is 10.5. The van der Waals surface area contributed by atoms with Crippen molar-refractivity contribution in [3.8, 4) is 0 Å². The van der Waals surface area contributed by atoms with E-state index in [1.54, 1.807) is 4.90 Å². The fourth-order valence-electron chi connectivity index (χ4n) is 1.88. The maximum Gasteiger partial charge on any atom is 0.322 e. The molecule has 0 atom stereocenters. The zero-order valence-corrected chi connectivity index (χ0v) is 10.5. The molecule has 0 heterocycles. The molecule has 0 aromatic heterocycles. The third-order valence-electron chi connectivity index (χ3n) is 3.02. The maximum atomic E-state index is 13.4. The standard InChI is InChI=1S/C13H17F2N3O/c14-9-2-5-12(11(15)8-9)17-13(19)18(7-1-6-16)10-3-4-10/h2,5,8,10H,1,3-4,6-7,16H2,(H,17,19). The summed E-state index contributed by atoms with van der Waals surface area (Å²) < 4.78 is 26.2. The van der Waals surface area contributed by atoms with E-state index in [1.807, 2.05) is 0 Å². The molecule has 0 aliphatic heterocycles. The van der Waals surface area contributed by atoms with Gasteiger partial charge in [0.05, 0.1) is 5.69 Å². The summed E-state index contributed by atoms with van der Waals surface area (Å²) in [6, 6.07) is 2.93. The van der Waals surface area contributed by atoms with Crippen LogP contribution in [0.4, 0.5) is 19.3 Å². The highest BCUT2D eigenvalue weighted by molar-refractivity contribution is 5.89. The molecule has 4 nitrogen and oxygen atoms in total. The third-order valence-corrected chi connectivity index (χ3v) is 3.02. The Bertz CT molecular complexity index is 463. The molecule has 1 aromatic rings. The summed E-state index contributed by atoms with van der Waals surface area (Å²) in [5, 5.41) is 2.47. The molecule has 0 bridgehead atoms. The SMILES string of the molecule is NCCCN(C(=O)Nc1ccc(F)cc1F)C1CC1. The maximum absolute atomic E-state index is 13.4. The van der Waals surface area contributed by atoms with Gasteiger partial charge in [-0.15, -0.1) is 0 Å². The van der Waals surface area contributed by atoms with Crippen LogP contribution >= 0.6 is 0 Å². The molecule has 0 saturated heterocycles. The number of anilines is 1. The van der Waals surface area contributed by atoms with Crippen LogP contribution in [0, 0.1) is 11.6 Å². The van der Waals surface area contributed by atoms with Gasteiger partial charge in [0.15, 0.2) is 0 Å². The van der Waals surface area contributed by atoms with Crippen molar-refractivity contribution in [1.29, 1.82) is 0 Å². The molecule has 104 valence electrons. The first-order chi connectivity index (χ1) is 9.11. The molecule has 2 rings (SSSR count). The molecule has 0 unspecified atom stereocenters. The fourth-order valence-corrected chi connectivity index (χ4v) is 1.88. The number of amides is 2. The summed E-state index contributed by atoms with van der Waals surface area (Å²) in [5.41, 5.74) is 5.42. The normalized spacial score (nSPS) is 14.3. The van der Waals surface area contributed by atoms with Gasteiger partial charge in [-0.2, -0.15) is 0 Å². The van der Waals surface area contributed by atoms with Crippen LogP contribution in [0.15, 0.2) is 18.2 Å². The van der Waals surface area contributed by atoms with Crippen LogP contribution in [0.25, 0.3) is 0 Å². The summed E-state index contributed by atoms with van der Waals surface area (Å²) in [4.78, 5) is 13.7. The molecule has 19 heavy (non-hydrogen) atoms. The summed E-state index contributed by atoms with van der Waals surface area (Å²) in [6.45, 7) is 1.05. The number of benzene rings is 1. The molecule has 0 radical (unpaired) electrons. The lowest BCUT2D eigenvalue weighted by Gasteiger charge is -2.22. The van der Waals surface area contributed by atoms with E-state index >= 15 is 0 Å². The third kappa shape index (κ3) is 3.64. The molecule has 1 aliphatic carbocycles. The predicted octanol–water partition coefficient (Wildman–Crippen LogP) is 2.31. The molecule has 3 N–H and O–H groups in total. The monoisotopic (exact) mass is 269 g/mol. The van der Waals surface area contributed by atoms with Crippen molar-refractivity contribution in [2.75, 3.05) is 18.4 Å². The number of rotatable bonds is 5. The Balaban J connectivity index is 2.01. The van der Waals surface area contributed by atoms with Crippen molar-refractivity contribution in [3.05, 3.63) is 29.8 Å². The van der Waals surface area contributed by atoms with Gasteiger partial charge in [-0.1, -0.05) is 0 Å². The minimum Gasteiger partial charge on any atom is -0.330 e. The Kier molecular flexibility index (Phi) is 4.31. The van der Waals surface area contributed by atoms with Crippen LogP contribution in [0.3, 0.4) is 0 Å². The van der Waals surface area contributed by atoms with E-state index in [-0.39, 0.29) is 17.8 Å². The number of carbonyl (C=O) groups is 1. The Morgan fingerprint density at radius 1 is 1.42 bits per heavy atom. The Hall–Kier alpha value is -1.69. The van der Waals surface area contributed by atoms with Crippen LogP contribution in [0.5, 0.6) is 0 Å². The van der Waals surface area contributed by atoms with E-state index in [0.717, 1.165) is 25.0 Å². The van der Waals surface area contributed by atoms with Crippen molar-refractivity contribution in [2.45, 2.75) is 25.3 Å². The van der Waals surface area contributed by atoms with Crippen molar-refractivity contribution >= 4 is 11.7 Å². The van der Waals surface area contributed by atoms with Crippen LogP contribution in [0.1, 0.15) is 19.3 Å². The first-order valence-electron chi connectivity index (χ1n) is 6.34. The average molecular weight is 269 g/mol. The van der Waals surface area contributed by atoms with Crippen LogP contribution in [-0.4, -0.2) is 30.1 Å². The van der Waals surface area contributed by atoms with Gasteiger partial charge in [0.1, 0.15) is 11.6 Å². The highest BCUT2D eigenvalue weighted by Gasteiger charge is 2.32. The summed E-state index contributed by atoms with van der Waals surface area (Å²) >= 11 is 0. The highest BCUT2D eigenvalue weighted by Crippen LogP contribution is 2.27. The number of carbonyl (C=O) groups excluding carboxylic acids is 1. The topological polar surface area (TPSA) is 58.4 Å². The van der Waals surface area contributed by atoms with Crippen molar-refractivity contribution in [3.63, 3.8) is 0 Å². The van der Waals surface area contributed by atoms with Gasteiger partial charge in [0.25, 0.3) is 0 Å². The second-order valence-corrected chi connectivity index (χ2v) is 4.62. The van der Waals surface area contributed by atoms with E-state index in [0.29, 0.717) is 19.5 Å². The van der Waals surface area contributed by atoms with Crippen molar-refractivity contribution in [1.82, 2.24) is 4.90 Å². The second-order valence-electron chi connectivity index (χ2n) is 4.62. The zero-order chi connectivity index (χ0) is 13.8. The summed E-state index contributed by atoms with van der Waals surface area (Å²) in [6.07, 6.45) is 2.63. The quantitative estimate of drug-likeness (QED) is 0.861. The molecule has 1 fully saturated rings. The molecular weight excluding hydrogens is 252 g/mol. The molecule has 2 amide bonds. The lowest BCUT2D eigenvalue weighted by molar-refractivity contribution is 0.208. The predicted molar refractivity (Wildman–Crippen MR) is 68.8 cm³/mol. The van der Waals surface area contributed by atoms with E-state index in [2.05, 4.69) is 5.32 Å². The first-order valence-corrected chi connectivity index (χ1v) is 6.34. The highest BCUT2D eigenvalue weighted by atomic mass is 19.1. The Morgan fingerprint density at radius 3 is 2.74 bits per heavy atom. The minimum absolute atomic E-state index is 0.00945. The van der Waals surface area contributed by atoms with Crippen LogP contribution < -0.4 is 11.1 Å². The molecule has 1 aromatic carbocycles. The van der Waals surface area contributed by atoms with Gasteiger partial charge in [0.2, 0.25) is 0 Å². The number of hydrogen-bond donors (Lipinski definition) is 2. The number of halogens is 2. The lowest BCUT2D eigenvalue weighted by atomic mass is 10.3. The largest absolute Gasteiger partial charge is 0.330 e. The van der Waals surface area contributed by atoms with E-state index in [1.165, 1.54) is 6.07 Å². The van der Waals surface area contributed by atoms with Gasteiger partial charge in [-0.25, -0.2) is 13.6 Å². The molecule has 0 spiro atoms. The molecule has 1 aliphatic rings. The number of nitrogens with two attached hydrogens (primary N) is 1. The molecule has 1 saturated carbocycles. The number of nitrogens with one attached hydrogen (secondary N) is 1. The van der Waals surface area contributed by atoms with Gasteiger partial charge in [-0.05, 0) is 37.9 Å². The van der Waals surface area contributed by atoms with Crippen LogP contribution in [0.2, 0.25) is 0 Å². The minimum atomic E-state index is -0.775. The number of nitrogens with zero attached hydrogens (tertiary/aromatic N) is 1. The second kappa shape index (κ2) is 5.97. The summed E-state index contributed by atoms with van der Waals surface area (Å²) in [7, 11) is 0. The van der Waals surface area contributed by atoms with Crippen molar-refractivity contribution < 1.29 is 13.6 Å². The smallest absolute Gasteiger partial charge is 0.322 e. The van der Waals surface area contributed by atoms with Gasteiger partial charge >= 0.3 is 6.03 Å². The molecular formula is C13H17F2N3O. The Morgan fingerprint density at radius 2 is 2.16 bits per heavy atom. The Labute approximate surface area is 110 Å². The van der Waals surface area contributed by atoms with Gasteiger partial charge in [-0.3, -0.25) is 0 Å². The fraction of sp³-hybridized carbons (Fsp3) is 0.462. The summed E-state index contributed by atoms with van der Waals surface area (Å²) in [5.74, 6) is -1.44. The number of urea groups is 1. The number of hydrogen-bond acceptors (Lipinski definition) is 2. The van der Waals surface area contributed by atoms with Gasteiger partial charge in [0, 0.05) is 18.7 Å². The van der Waals surface area contributed by atoms with Crippen molar-refractivity contribution in [2.24, 2.45) is 5.73 Å². The van der Waals surface area contributed by atoms with Crippen LogP contribution in [-0.2, 0) is 0 Å². The van der Waals surface area contributed by atoms with E-state index in [4.69, 9.17) is 5.73 Å². The molecule has 6 heteroatoms. The van der Waals surface area contributed by atoms with Gasteiger partial charge < -0.3 is 16.0 Å². The van der Waals surface area contributed by atoms with E-state index < -0.39 is 11.6 Å². The first kappa shape index (κ1) is 13.7.